The van der Waals surface area contributed by atoms with Crippen LogP contribution in [0.25, 0.3) is 10.9 Å². The van der Waals surface area contributed by atoms with Gasteiger partial charge in [0.05, 0.1) is 11.7 Å². The number of aliphatic carboxylic acids is 1. The third-order valence-corrected chi connectivity index (χ3v) is 5.17. The van der Waals surface area contributed by atoms with Crippen LogP contribution in [-0.2, 0) is 16.1 Å². The van der Waals surface area contributed by atoms with E-state index < -0.39 is 11.5 Å². The van der Waals surface area contributed by atoms with Crippen molar-refractivity contribution < 1.29 is 14.7 Å². The van der Waals surface area contributed by atoms with Crippen LogP contribution in [-0.4, -0.2) is 32.3 Å². The van der Waals surface area contributed by atoms with Crippen molar-refractivity contribution in [3.8, 4) is 0 Å². The van der Waals surface area contributed by atoms with Crippen molar-refractivity contribution in [2.24, 2.45) is 5.92 Å². The van der Waals surface area contributed by atoms with Crippen LogP contribution in [0.4, 0.5) is 0 Å². The van der Waals surface area contributed by atoms with Crippen LogP contribution >= 0.6 is 0 Å². The van der Waals surface area contributed by atoms with E-state index >= 15 is 0 Å². The van der Waals surface area contributed by atoms with E-state index in [2.05, 4.69) is 17.3 Å². The number of carbonyl (C=O) groups excluding carboxylic acids is 1. The maximum Gasteiger partial charge on any atom is 0.329 e. The lowest BCUT2D eigenvalue weighted by Gasteiger charge is -2.37. The second-order valence-corrected chi connectivity index (χ2v) is 6.65. The summed E-state index contributed by atoms with van der Waals surface area (Å²) in [7, 11) is 0. The van der Waals surface area contributed by atoms with Crippen molar-refractivity contribution in [3.05, 3.63) is 30.5 Å². The van der Waals surface area contributed by atoms with Gasteiger partial charge in [-0.05, 0) is 37.7 Å². The molecular weight excluding hydrogens is 306 g/mol. The fourth-order valence-corrected chi connectivity index (χ4v) is 3.57. The van der Waals surface area contributed by atoms with E-state index in [0.717, 1.165) is 30.2 Å². The fourth-order valence-electron chi connectivity index (χ4n) is 3.57. The summed E-state index contributed by atoms with van der Waals surface area (Å²) in [5.41, 5.74) is -0.266. The maximum atomic E-state index is 12.4. The molecular formula is C18H23N3O3. The highest BCUT2D eigenvalue weighted by atomic mass is 16.4. The van der Waals surface area contributed by atoms with E-state index in [1.165, 1.54) is 0 Å². The largest absolute Gasteiger partial charge is 0.480 e. The first-order valence-corrected chi connectivity index (χ1v) is 8.49. The average Bonchev–Trinajstić information content (AvgIpc) is 2.98. The van der Waals surface area contributed by atoms with Gasteiger partial charge < -0.3 is 10.4 Å². The Morgan fingerprint density at radius 1 is 1.33 bits per heavy atom. The molecule has 0 aliphatic heterocycles. The molecule has 1 aliphatic carbocycles. The molecule has 0 spiro atoms. The number of para-hydroxylation sites is 1. The first-order valence-electron chi connectivity index (χ1n) is 8.49. The Labute approximate surface area is 140 Å². The third-order valence-electron chi connectivity index (χ3n) is 5.17. The molecule has 2 N–H and O–H groups in total. The molecule has 1 aliphatic rings. The first kappa shape index (κ1) is 16.5. The number of fused-ring (bicyclic) bond motifs is 1. The van der Waals surface area contributed by atoms with Crippen molar-refractivity contribution in [1.29, 1.82) is 0 Å². The molecule has 1 fully saturated rings. The second-order valence-electron chi connectivity index (χ2n) is 6.65. The summed E-state index contributed by atoms with van der Waals surface area (Å²) < 4.78 is 1.61. The van der Waals surface area contributed by atoms with Crippen molar-refractivity contribution in [2.45, 2.75) is 51.1 Å². The lowest BCUT2D eigenvalue weighted by atomic mass is 9.75. The van der Waals surface area contributed by atoms with Gasteiger partial charge in [-0.15, -0.1) is 0 Å². The number of nitrogens with one attached hydrogen (secondary N) is 1. The van der Waals surface area contributed by atoms with Crippen molar-refractivity contribution in [1.82, 2.24) is 15.1 Å². The van der Waals surface area contributed by atoms with E-state index in [-0.39, 0.29) is 12.5 Å². The molecule has 0 unspecified atom stereocenters. The predicted octanol–water partition coefficient (Wildman–Crippen LogP) is 2.58. The highest BCUT2D eigenvalue weighted by Gasteiger charge is 2.42. The van der Waals surface area contributed by atoms with Gasteiger partial charge in [-0.1, -0.05) is 31.5 Å². The number of aromatic nitrogens is 2. The molecule has 3 rings (SSSR count). The molecule has 6 nitrogen and oxygen atoms in total. The topological polar surface area (TPSA) is 84.2 Å². The van der Waals surface area contributed by atoms with E-state index in [4.69, 9.17) is 0 Å². The van der Waals surface area contributed by atoms with Crippen LogP contribution in [0.15, 0.2) is 30.5 Å². The Morgan fingerprint density at radius 3 is 2.71 bits per heavy atom. The van der Waals surface area contributed by atoms with Gasteiger partial charge in [0.1, 0.15) is 12.1 Å². The van der Waals surface area contributed by atoms with Crippen LogP contribution in [0.1, 0.15) is 39.0 Å². The Balaban J connectivity index is 1.71. The lowest BCUT2D eigenvalue weighted by molar-refractivity contribution is -0.149. The van der Waals surface area contributed by atoms with Crippen LogP contribution in [0.5, 0.6) is 0 Å². The van der Waals surface area contributed by atoms with Crippen molar-refractivity contribution in [3.63, 3.8) is 0 Å². The van der Waals surface area contributed by atoms with Gasteiger partial charge >= 0.3 is 5.97 Å². The first-order chi connectivity index (χ1) is 11.5. The number of hydrogen-bond acceptors (Lipinski definition) is 3. The summed E-state index contributed by atoms with van der Waals surface area (Å²) in [5, 5.41) is 17.6. The van der Waals surface area contributed by atoms with E-state index in [0.29, 0.717) is 18.8 Å². The molecule has 128 valence electrons. The molecule has 0 radical (unpaired) electrons. The minimum absolute atomic E-state index is 0.0275. The van der Waals surface area contributed by atoms with Crippen molar-refractivity contribution in [2.75, 3.05) is 0 Å². The number of carbonyl (C=O) groups is 2. The fraction of sp³-hybridized carbons (Fsp3) is 0.500. The SMILES string of the molecule is CCC1CCC(NC(=O)Cn2ncc3ccccc32)(C(=O)O)CC1. The van der Waals surface area contributed by atoms with Gasteiger partial charge in [0.2, 0.25) is 5.91 Å². The summed E-state index contributed by atoms with van der Waals surface area (Å²) in [5.74, 6) is -0.679. The Morgan fingerprint density at radius 2 is 2.04 bits per heavy atom. The molecule has 2 aromatic rings. The highest BCUT2D eigenvalue weighted by Crippen LogP contribution is 2.34. The summed E-state index contributed by atoms with van der Waals surface area (Å²) in [6.45, 7) is 2.15. The summed E-state index contributed by atoms with van der Waals surface area (Å²) in [4.78, 5) is 24.2. The van der Waals surface area contributed by atoms with Gasteiger partial charge in [0.25, 0.3) is 0 Å². The van der Waals surface area contributed by atoms with Crippen LogP contribution in [0.3, 0.4) is 0 Å². The van der Waals surface area contributed by atoms with E-state index in [1.807, 2.05) is 24.3 Å². The zero-order chi connectivity index (χ0) is 17.2. The normalized spacial score (nSPS) is 24.0. The van der Waals surface area contributed by atoms with E-state index in [1.54, 1.807) is 10.9 Å². The molecule has 24 heavy (non-hydrogen) atoms. The van der Waals surface area contributed by atoms with Crippen LogP contribution < -0.4 is 5.32 Å². The average molecular weight is 329 g/mol. The minimum Gasteiger partial charge on any atom is -0.480 e. The van der Waals surface area contributed by atoms with E-state index in [9.17, 15) is 14.7 Å². The molecule has 6 heteroatoms. The summed E-state index contributed by atoms with van der Waals surface area (Å²) >= 11 is 0. The van der Waals surface area contributed by atoms with Crippen molar-refractivity contribution >= 4 is 22.8 Å². The molecule has 1 aromatic carbocycles. The standard InChI is InChI=1S/C18H23N3O3/c1-2-13-7-9-18(10-8-13,17(23)24)20-16(22)12-21-15-6-4-3-5-14(15)11-19-21/h3-6,11,13H,2,7-10,12H2,1H3,(H,20,22)(H,23,24). The Bertz CT molecular complexity index is 745. The number of benzene rings is 1. The van der Waals surface area contributed by atoms with Crippen LogP contribution in [0.2, 0.25) is 0 Å². The Hall–Kier alpha value is -2.37. The molecule has 0 atom stereocenters. The zero-order valence-corrected chi connectivity index (χ0v) is 13.9. The number of hydrogen-bond donors (Lipinski definition) is 2. The summed E-state index contributed by atoms with van der Waals surface area (Å²) in [6, 6.07) is 7.64. The third kappa shape index (κ3) is 3.13. The van der Waals surface area contributed by atoms with Gasteiger partial charge in [-0.3, -0.25) is 9.48 Å². The number of rotatable bonds is 5. The monoisotopic (exact) mass is 329 g/mol. The number of carboxylic acids is 1. The maximum absolute atomic E-state index is 12.4. The number of amides is 1. The smallest absolute Gasteiger partial charge is 0.329 e. The predicted molar refractivity (Wildman–Crippen MR) is 90.5 cm³/mol. The molecule has 1 heterocycles. The summed E-state index contributed by atoms with van der Waals surface area (Å²) in [6.07, 6.45) is 5.44. The molecule has 1 amide bonds. The quantitative estimate of drug-likeness (QED) is 0.883. The molecule has 1 aromatic heterocycles. The lowest BCUT2D eigenvalue weighted by Crippen LogP contribution is -2.57. The molecule has 0 saturated heterocycles. The highest BCUT2D eigenvalue weighted by molar-refractivity contribution is 5.88. The van der Waals surface area contributed by atoms with Gasteiger partial charge in [0, 0.05) is 5.39 Å². The number of nitrogens with zero attached hydrogens (tertiary/aromatic N) is 2. The number of carboxylic acid groups (broad SMARTS) is 1. The van der Waals surface area contributed by atoms with Gasteiger partial charge in [0.15, 0.2) is 0 Å². The van der Waals surface area contributed by atoms with Gasteiger partial charge in [-0.25, -0.2) is 4.79 Å². The second kappa shape index (κ2) is 6.63. The van der Waals surface area contributed by atoms with Gasteiger partial charge in [-0.2, -0.15) is 5.10 Å². The zero-order valence-electron chi connectivity index (χ0n) is 13.9. The minimum atomic E-state index is -1.13. The Kier molecular flexibility index (Phi) is 4.55. The van der Waals surface area contributed by atoms with Crippen LogP contribution in [0, 0.1) is 5.92 Å². The molecule has 1 saturated carbocycles. The molecule has 0 bridgehead atoms.